The zero-order chi connectivity index (χ0) is 11.0. The lowest BCUT2D eigenvalue weighted by molar-refractivity contribution is -0.116. The number of benzene rings is 1. The molecule has 2 rings (SSSR count). The van der Waals surface area contributed by atoms with Crippen LogP contribution < -0.4 is 5.32 Å². The molecule has 0 saturated carbocycles. The number of carbonyl (C=O) groups excluding carboxylic acids is 1. The molecule has 1 aromatic carbocycles. The summed E-state index contributed by atoms with van der Waals surface area (Å²) in [5, 5.41) is 12.7. The molecule has 3 heteroatoms. The summed E-state index contributed by atoms with van der Waals surface area (Å²) in [6.45, 7) is 4.01. The van der Waals surface area contributed by atoms with Gasteiger partial charge in [0.1, 0.15) is 0 Å². The quantitative estimate of drug-likeness (QED) is 0.681. The third-order valence-corrected chi connectivity index (χ3v) is 2.94. The van der Waals surface area contributed by atoms with Crippen LogP contribution in [0.3, 0.4) is 0 Å². The highest BCUT2D eigenvalue weighted by Crippen LogP contribution is 2.31. The van der Waals surface area contributed by atoms with Gasteiger partial charge in [0.25, 0.3) is 0 Å². The van der Waals surface area contributed by atoms with Crippen molar-refractivity contribution in [2.75, 3.05) is 5.32 Å². The lowest BCUT2D eigenvalue weighted by atomic mass is 9.99. The summed E-state index contributed by atoms with van der Waals surface area (Å²) in [6.07, 6.45) is 0.355. The Hall–Kier alpha value is -1.35. The molecule has 0 fully saturated rings. The van der Waals surface area contributed by atoms with Crippen molar-refractivity contribution < 1.29 is 9.90 Å². The summed E-state index contributed by atoms with van der Waals surface area (Å²) in [5.74, 6) is -0.0175. The molecule has 0 bridgehead atoms. The van der Waals surface area contributed by atoms with Gasteiger partial charge in [0.05, 0.1) is 6.10 Å². The highest BCUT2D eigenvalue weighted by atomic mass is 16.3. The van der Waals surface area contributed by atoms with Gasteiger partial charge in [-0.15, -0.1) is 0 Å². The minimum absolute atomic E-state index is 0.0175. The summed E-state index contributed by atoms with van der Waals surface area (Å²) in [4.78, 5) is 11.4. The molecular formula is C12H15NO2. The van der Waals surface area contributed by atoms with Crippen LogP contribution in [0.5, 0.6) is 0 Å². The largest absolute Gasteiger partial charge is 0.388 e. The van der Waals surface area contributed by atoms with E-state index in [9.17, 15) is 9.90 Å². The van der Waals surface area contributed by atoms with Crippen molar-refractivity contribution in [1.82, 2.24) is 0 Å². The molecule has 0 unspecified atom stereocenters. The first-order chi connectivity index (χ1) is 7.08. The average Bonchev–Trinajstić information content (AvgIpc) is 2.30. The number of anilines is 1. The molecule has 1 aromatic rings. The fraction of sp³-hybridized carbons (Fsp3) is 0.417. The number of amides is 1. The first kappa shape index (κ1) is 10.2. The number of aliphatic hydroxyl groups is 1. The molecule has 0 spiro atoms. The lowest BCUT2D eigenvalue weighted by Crippen LogP contribution is -2.09. The van der Waals surface area contributed by atoms with E-state index in [1.54, 1.807) is 0 Å². The van der Waals surface area contributed by atoms with Crippen molar-refractivity contribution in [3.8, 4) is 0 Å². The third kappa shape index (κ3) is 1.88. The molecule has 1 amide bonds. The van der Waals surface area contributed by atoms with E-state index >= 15 is 0 Å². The van der Waals surface area contributed by atoms with Crippen molar-refractivity contribution in [2.24, 2.45) is 0 Å². The number of hydrogen-bond donors (Lipinski definition) is 2. The van der Waals surface area contributed by atoms with E-state index < -0.39 is 6.10 Å². The van der Waals surface area contributed by atoms with E-state index in [1.165, 1.54) is 0 Å². The number of aliphatic hydroxyl groups excluding tert-OH is 1. The molecule has 15 heavy (non-hydrogen) atoms. The molecule has 3 nitrogen and oxygen atoms in total. The number of fused-ring (bicyclic) bond motifs is 1. The Kier molecular flexibility index (Phi) is 2.49. The van der Waals surface area contributed by atoms with Gasteiger partial charge in [-0.2, -0.15) is 0 Å². The average molecular weight is 205 g/mol. The molecule has 0 aliphatic carbocycles. The van der Waals surface area contributed by atoms with Gasteiger partial charge in [0.2, 0.25) is 5.91 Å². The molecule has 1 atom stereocenters. The van der Waals surface area contributed by atoms with Gasteiger partial charge in [0, 0.05) is 17.7 Å². The number of nitrogens with one attached hydrogen (secondary N) is 1. The topological polar surface area (TPSA) is 49.3 Å². The van der Waals surface area contributed by atoms with E-state index in [1.807, 2.05) is 26.0 Å². The maximum Gasteiger partial charge on any atom is 0.224 e. The Balaban J connectivity index is 2.52. The molecule has 0 radical (unpaired) electrons. The highest BCUT2D eigenvalue weighted by Gasteiger charge is 2.20. The second-order valence-electron chi connectivity index (χ2n) is 4.13. The van der Waals surface area contributed by atoms with Gasteiger partial charge >= 0.3 is 0 Å². The van der Waals surface area contributed by atoms with E-state index in [2.05, 4.69) is 5.32 Å². The van der Waals surface area contributed by atoms with Crippen LogP contribution in [0, 0.1) is 13.8 Å². The standard InChI is InChI=1S/C12H15NO2/c1-7-5-9-10(6-8(7)2)13-12(15)4-3-11(9)14/h5-6,11,14H,3-4H2,1-2H3,(H,13,15)/t11-/m1/s1. The van der Waals surface area contributed by atoms with Crippen LogP contribution in [0.15, 0.2) is 12.1 Å². The van der Waals surface area contributed by atoms with Crippen LogP contribution in [0.2, 0.25) is 0 Å². The molecule has 1 aliphatic rings. The summed E-state index contributed by atoms with van der Waals surface area (Å²) < 4.78 is 0. The van der Waals surface area contributed by atoms with Gasteiger partial charge in [0.15, 0.2) is 0 Å². The summed E-state index contributed by atoms with van der Waals surface area (Å²) in [7, 11) is 0. The lowest BCUT2D eigenvalue weighted by Gasteiger charge is -2.13. The monoisotopic (exact) mass is 205 g/mol. The fourth-order valence-corrected chi connectivity index (χ4v) is 1.86. The van der Waals surface area contributed by atoms with Gasteiger partial charge in [-0.05, 0) is 37.5 Å². The fourth-order valence-electron chi connectivity index (χ4n) is 1.86. The van der Waals surface area contributed by atoms with Crippen LogP contribution in [-0.2, 0) is 4.79 Å². The molecule has 0 saturated heterocycles. The summed E-state index contributed by atoms with van der Waals surface area (Å²) in [6, 6.07) is 3.89. The number of rotatable bonds is 0. The molecule has 1 heterocycles. The van der Waals surface area contributed by atoms with Gasteiger partial charge in [-0.1, -0.05) is 6.07 Å². The van der Waals surface area contributed by atoms with Crippen molar-refractivity contribution in [3.05, 3.63) is 28.8 Å². The molecule has 80 valence electrons. The Labute approximate surface area is 89.1 Å². The maximum atomic E-state index is 11.4. The smallest absolute Gasteiger partial charge is 0.224 e. The molecule has 1 aliphatic heterocycles. The van der Waals surface area contributed by atoms with Crippen LogP contribution in [0.4, 0.5) is 5.69 Å². The third-order valence-electron chi connectivity index (χ3n) is 2.94. The zero-order valence-corrected chi connectivity index (χ0v) is 9.00. The predicted octanol–water partition coefficient (Wildman–Crippen LogP) is 2.07. The van der Waals surface area contributed by atoms with E-state index in [0.717, 1.165) is 22.4 Å². The van der Waals surface area contributed by atoms with Gasteiger partial charge in [-0.25, -0.2) is 0 Å². The normalized spacial score (nSPS) is 20.5. The zero-order valence-electron chi connectivity index (χ0n) is 9.00. The number of aryl methyl sites for hydroxylation is 2. The van der Waals surface area contributed by atoms with Crippen molar-refractivity contribution in [1.29, 1.82) is 0 Å². The van der Waals surface area contributed by atoms with Gasteiger partial charge in [-0.3, -0.25) is 4.79 Å². The summed E-state index contributed by atoms with van der Waals surface area (Å²) >= 11 is 0. The molecule has 2 N–H and O–H groups in total. The Bertz CT molecular complexity index is 412. The van der Waals surface area contributed by atoms with Crippen LogP contribution in [-0.4, -0.2) is 11.0 Å². The van der Waals surface area contributed by atoms with E-state index in [0.29, 0.717) is 12.8 Å². The number of carbonyl (C=O) groups is 1. The highest BCUT2D eigenvalue weighted by molar-refractivity contribution is 5.92. The maximum absolute atomic E-state index is 11.4. The molecular weight excluding hydrogens is 190 g/mol. The SMILES string of the molecule is Cc1cc2c(cc1C)[C@H](O)CCC(=O)N2. The van der Waals surface area contributed by atoms with Crippen LogP contribution in [0.1, 0.15) is 35.6 Å². The Morgan fingerprint density at radius 3 is 2.73 bits per heavy atom. The minimum Gasteiger partial charge on any atom is -0.388 e. The first-order valence-corrected chi connectivity index (χ1v) is 5.17. The predicted molar refractivity (Wildman–Crippen MR) is 58.7 cm³/mol. The minimum atomic E-state index is -0.529. The molecule has 0 aromatic heterocycles. The number of hydrogen-bond acceptors (Lipinski definition) is 2. The Morgan fingerprint density at radius 2 is 2.00 bits per heavy atom. The summed E-state index contributed by atoms with van der Waals surface area (Å²) in [5.41, 5.74) is 3.86. The van der Waals surface area contributed by atoms with Crippen molar-refractivity contribution >= 4 is 11.6 Å². The second kappa shape index (κ2) is 3.66. The van der Waals surface area contributed by atoms with Crippen molar-refractivity contribution in [2.45, 2.75) is 32.8 Å². The van der Waals surface area contributed by atoms with Crippen molar-refractivity contribution in [3.63, 3.8) is 0 Å². The van der Waals surface area contributed by atoms with Crippen LogP contribution >= 0.6 is 0 Å². The van der Waals surface area contributed by atoms with Gasteiger partial charge < -0.3 is 10.4 Å². The van der Waals surface area contributed by atoms with E-state index in [-0.39, 0.29) is 5.91 Å². The second-order valence-corrected chi connectivity index (χ2v) is 4.13. The first-order valence-electron chi connectivity index (χ1n) is 5.17. The van der Waals surface area contributed by atoms with Crippen LogP contribution in [0.25, 0.3) is 0 Å². The van der Waals surface area contributed by atoms with E-state index in [4.69, 9.17) is 0 Å². The Morgan fingerprint density at radius 1 is 1.33 bits per heavy atom.